The third-order valence-electron chi connectivity index (χ3n) is 3.42. The lowest BCUT2D eigenvalue weighted by Gasteiger charge is -2.06. The van der Waals surface area contributed by atoms with Gasteiger partial charge in [-0.15, -0.1) is 0 Å². The summed E-state index contributed by atoms with van der Waals surface area (Å²) in [5, 5.41) is 6.11. The van der Waals surface area contributed by atoms with Crippen molar-refractivity contribution in [3.63, 3.8) is 0 Å². The number of nitrogens with one attached hydrogen (secondary N) is 1. The number of hydrogen-bond donors (Lipinski definition) is 3. The van der Waals surface area contributed by atoms with Crippen LogP contribution in [0, 0.1) is 11.6 Å². The van der Waals surface area contributed by atoms with Crippen molar-refractivity contribution in [1.29, 1.82) is 0 Å². The van der Waals surface area contributed by atoms with E-state index in [2.05, 4.69) is 10.4 Å². The molecule has 0 saturated carbocycles. The lowest BCUT2D eigenvalue weighted by molar-refractivity contribution is 0.0996. The maximum absolute atomic E-state index is 14.5. The Kier molecular flexibility index (Phi) is 5.08. The molecule has 1 heterocycles. The molecule has 0 fully saturated rings. The number of rotatable bonds is 5. The van der Waals surface area contributed by atoms with Gasteiger partial charge in [0.15, 0.2) is 5.69 Å². The van der Waals surface area contributed by atoms with Crippen LogP contribution in [0.15, 0.2) is 58.5 Å². The number of urea groups is 1. The Labute approximate surface area is 156 Å². The largest absolute Gasteiger partial charge is 0.364 e. The smallest absolute Gasteiger partial charge is 0.316 e. The first-order valence-electron chi connectivity index (χ1n) is 7.53. The molecule has 3 rings (SSSR count). The normalized spacial score (nSPS) is 10.6. The highest BCUT2D eigenvalue weighted by Gasteiger charge is 2.18. The van der Waals surface area contributed by atoms with Gasteiger partial charge in [0.05, 0.1) is 11.9 Å². The van der Waals surface area contributed by atoms with Crippen LogP contribution in [0.25, 0.3) is 5.69 Å². The summed E-state index contributed by atoms with van der Waals surface area (Å²) in [5.41, 5.74) is 10.0. The minimum absolute atomic E-state index is 0.0286. The van der Waals surface area contributed by atoms with Gasteiger partial charge in [-0.25, -0.2) is 18.3 Å². The van der Waals surface area contributed by atoms with Crippen LogP contribution >= 0.6 is 11.8 Å². The molecular weight excluding hydrogens is 376 g/mol. The lowest BCUT2D eigenvalue weighted by atomic mass is 10.3. The number of benzene rings is 2. The monoisotopic (exact) mass is 389 g/mol. The highest BCUT2D eigenvalue weighted by molar-refractivity contribution is 7.99. The Hall–Kier alpha value is -3.40. The van der Waals surface area contributed by atoms with Crippen LogP contribution in [0.2, 0.25) is 0 Å². The molecular formula is C17H13F2N5O2S. The maximum atomic E-state index is 14.5. The number of anilines is 1. The molecule has 2 aromatic carbocycles. The van der Waals surface area contributed by atoms with Gasteiger partial charge in [0.1, 0.15) is 17.3 Å². The summed E-state index contributed by atoms with van der Waals surface area (Å²) in [7, 11) is 0. The van der Waals surface area contributed by atoms with Gasteiger partial charge in [0, 0.05) is 9.79 Å². The molecule has 138 valence electrons. The van der Waals surface area contributed by atoms with Crippen molar-refractivity contribution in [3.05, 3.63) is 66.0 Å². The number of carbonyl (C=O) groups is 2. The number of primary amides is 2. The van der Waals surface area contributed by atoms with E-state index in [1.165, 1.54) is 42.2 Å². The molecule has 3 amide bonds. The second-order valence-electron chi connectivity index (χ2n) is 5.36. The molecule has 0 spiro atoms. The van der Waals surface area contributed by atoms with Gasteiger partial charge in [-0.2, -0.15) is 5.10 Å². The summed E-state index contributed by atoms with van der Waals surface area (Å²) in [6.45, 7) is 0. The Morgan fingerprint density at radius 2 is 1.70 bits per heavy atom. The van der Waals surface area contributed by atoms with E-state index in [1.807, 2.05) is 0 Å². The molecule has 7 nitrogen and oxygen atoms in total. The number of nitrogens with two attached hydrogens (primary N) is 2. The molecule has 0 aliphatic heterocycles. The standard InChI is InChI=1S/C17H13F2N5O2S/c18-9-1-3-10(4-2-9)27-11-5-6-14(12(19)7-11)24-8-13(22-17(21)26)15(23-24)16(20)25/h1-8H,(H2,20,25)(H3,21,22,26). The van der Waals surface area contributed by atoms with Gasteiger partial charge in [-0.05, 0) is 42.5 Å². The van der Waals surface area contributed by atoms with E-state index in [0.29, 0.717) is 4.90 Å². The fourth-order valence-corrected chi connectivity index (χ4v) is 3.12. The molecule has 5 N–H and O–H groups in total. The SMILES string of the molecule is NC(=O)Nc1cn(-c2ccc(Sc3ccc(F)cc3)cc2F)nc1C(N)=O. The van der Waals surface area contributed by atoms with E-state index in [-0.39, 0.29) is 22.9 Å². The third-order valence-corrected chi connectivity index (χ3v) is 4.42. The summed E-state index contributed by atoms with van der Waals surface area (Å²) in [6, 6.07) is 9.25. The minimum Gasteiger partial charge on any atom is -0.364 e. The summed E-state index contributed by atoms with van der Waals surface area (Å²) in [6.07, 6.45) is 1.23. The molecule has 0 unspecified atom stereocenters. The molecule has 0 aliphatic carbocycles. The average Bonchev–Trinajstić information content (AvgIpc) is 3.00. The predicted molar refractivity (Wildman–Crippen MR) is 95.8 cm³/mol. The second-order valence-corrected chi connectivity index (χ2v) is 6.51. The van der Waals surface area contributed by atoms with Crippen LogP contribution in [-0.2, 0) is 0 Å². The van der Waals surface area contributed by atoms with E-state index in [9.17, 15) is 18.4 Å². The number of aromatic nitrogens is 2. The summed E-state index contributed by atoms with van der Waals surface area (Å²) in [4.78, 5) is 23.8. The van der Waals surface area contributed by atoms with Gasteiger partial charge < -0.3 is 16.8 Å². The maximum Gasteiger partial charge on any atom is 0.316 e. The molecule has 10 heteroatoms. The van der Waals surface area contributed by atoms with Gasteiger partial charge >= 0.3 is 6.03 Å². The zero-order valence-corrected chi connectivity index (χ0v) is 14.5. The van der Waals surface area contributed by atoms with Crippen molar-refractivity contribution in [2.45, 2.75) is 9.79 Å². The van der Waals surface area contributed by atoms with E-state index >= 15 is 0 Å². The number of amides is 3. The first-order chi connectivity index (χ1) is 12.8. The fraction of sp³-hybridized carbons (Fsp3) is 0. The Morgan fingerprint density at radius 3 is 2.30 bits per heavy atom. The molecule has 27 heavy (non-hydrogen) atoms. The molecule has 0 saturated heterocycles. The molecule has 0 atom stereocenters. The van der Waals surface area contributed by atoms with E-state index < -0.39 is 17.8 Å². The van der Waals surface area contributed by atoms with Crippen LogP contribution in [0.3, 0.4) is 0 Å². The molecule has 3 aromatic rings. The second kappa shape index (κ2) is 7.46. The lowest BCUT2D eigenvalue weighted by Crippen LogP contribution is -2.22. The highest BCUT2D eigenvalue weighted by atomic mass is 32.2. The van der Waals surface area contributed by atoms with E-state index in [1.54, 1.807) is 18.2 Å². The minimum atomic E-state index is -0.913. The number of nitrogens with zero attached hydrogens (tertiary/aromatic N) is 2. The summed E-state index contributed by atoms with van der Waals surface area (Å²) >= 11 is 1.25. The molecule has 0 aliphatic rings. The van der Waals surface area contributed by atoms with Crippen LogP contribution in [0.4, 0.5) is 19.3 Å². The van der Waals surface area contributed by atoms with Crippen LogP contribution in [0.5, 0.6) is 0 Å². The fourth-order valence-electron chi connectivity index (χ4n) is 2.28. The highest BCUT2D eigenvalue weighted by Crippen LogP contribution is 2.30. The van der Waals surface area contributed by atoms with Crippen LogP contribution in [-0.4, -0.2) is 21.7 Å². The van der Waals surface area contributed by atoms with Gasteiger partial charge in [-0.3, -0.25) is 4.79 Å². The summed E-state index contributed by atoms with van der Waals surface area (Å²) in [5.74, 6) is -1.88. The van der Waals surface area contributed by atoms with Gasteiger partial charge in [0.2, 0.25) is 0 Å². The number of halogens is 2. The quantitative estimate of drug-likeness (QED) is 0.622. The first kappa shape index (κ1) is 18.4. The average molecular weight is 389 g/mol. The van der Waals surface area contributed by atoms with Crippen molar-refractivity contribution in [2.24, 2.45) is 11.5 Å². The Balaban J connectivity index is 1.90. The zero-order valence-electron chi connectivity index (χ0n) is 13.6. The molecule has 0 bridgehead atoms. The topological polar surface area (TPSA) is 116 Å². The van der Waals surface area contributed by atoms with E-state index in [4.69, 9.17) is 11.5 Å². The summed E-state index contributed by atoms with van der Waals surface area (Å²) < 4.78 is 28.6. The van der Waals surface area contributed by atoms with Crippen LogP contribution in [0.1, 0.15) is 10.5 Å². The van der Waals surface area contributed by atoms with Gasteiger partial charge in [-0.1, -0.05) is 11.8 Å². The number of carbonyl (C=O) groups excluding carboxylic acids is 2. The molecule has 1 aromatic heterocycles. The zero-order chi connectivity index (χ0) is 19.6. The van der Waals surface area contributed by atoms with Crippen molar-refractivity contribution in [2.75, 3.05) is 5.32 Å². The van der Waals surface area contributed by atoms with Crippen molar-refractivity contribution >= 4 is 29.4 Å². The van der Waals surface area contributed by atoms with Crippen molar-refractivity contribution in [1.82, 2.24) is 9.78 Å². The van der Waals surface area contributed by atoms with E-state index in [0.717, 1.165) is 9.58 Å². The third kappa shape index (κ3) is 4.23. The van der Waals surface area contributed by atoms with Crippen molar-refractivity contribution < 1.29 is 18.4 Å². The number of hydrogen-bond acceptors (Lipinski definition) is 4. The first-order valence-corrected chi connectivity index (χ1v) is 8.34. The van der Waals surface area contributed by atoms with Crippen molar-refractivity contribution in [3.8, 4) is 5.69 Å². The Bertz CT molecular complexity index is 1020. The molecule has 0 radical (unpaired) electrons. The predicted octanol–water partition coefficient (Wildman–Crippen LogP) is 2.89. The van der Waals surface area contributed by atoms with Crippen LogP contribution < -0.4 is 16.8 Å². The Morgan fingerprint density at radius 1 is 1.04 bits per heavy atom. The van der Waals surface area contributed by atoms with Gasteiger partial charge in [0.25, 0.3) is 5.91 Å².